The summed E-state index contributed by atoms with van der Waals surface area (Å²) < 4.78 is 12.7. The van der Waals surface area contributed by atoms with Crippen LogP contribution in [0.5, 0.6) is 17.4 Å². The topological polar surface area (TPSA) is 88.8 Å². The van der Waals surface area contributed by atoms with Gasteiger partial charge in [0.25, 0.3) is 5.56 Å². The van der Waals surface area contributed by atoms with Crippen molar-refractivity contribution in [1.29, 1.82) is 0 Å². The molecule has 0 fully saturated rings. The number of methoxy groups -OCH3 is 2. The summed E-state index contributed by atoms with van der Waals surface area (Å²) in [7, 11) is 3.21. The van der Waals surface area contributed by atoms with E-state index in [1.165, 1.54) is 0 Å². The zero-order chi connectivity index (χ0) is 24.2. The highest BCUT2D eigenvalue weighted by atomic mass is 32.2. The van der Waals surface area contributed by atoms with Gasteiger partial charge >= 0.3 is 0 Å². The number of aromatic amines is 1. The second kappa shape index (κ2) is 10.5. The van der Waals surface area contributed by atoms with Crippen LogP contribution in [0.3, 0.4) is 0 Å². The van der Waals surface area contributed by atoms with E-state index in [1.54, 1.807) is 30.5 Å². The first-order valence-corrected chi connectivity index (χ1v) is 12.4. The molecule has 0 bridgehead atoms. The fraction of sp³-hybridized carbons (Fsp3) is 0.320. The van der Waals surface area contributed by atoms with Crippen LogP contribution in [0.25, 0.3) is 0 Å². The molecule has 0 saturated heterocycles. The van der Waals surface area contributed by atoms with Crippen LogP contribution in [0.4, 0.5) is 5.69 Å². The molecule has 1 aliphatic rings. The van der Waals surface area contributed by atoms with E-state index in [0.717, 1.165) is 29.0 Å². The number of aromatic nitrogens is 2. The number of benzene rings is 2. The van der Waals surface area contributed by atoms with Crippen LogP contribution in [0.15, 0.2) is 57.1 Å². The SMILES string of the molecule is CCCCn1c(O)c(C2=Nc3ccccc3S[C@H](c3ccc(OC)c(OC)c3)C2)c(=O)[nH]c1=S. The maximum atomic E-state index is 13.0. The van der Waals surface area contributed by atoms with Gasteiger partial charge in [0.1, 0.15) is 5.56 Å². The van der Waals surface area contributed by atoms with Gasteiger partial charge in [0, 0.05) is 23.1 Å². The lowest BCUT2D eigenvalue weighted by atomic mass is 10.0. The minimum Gasteiger partial charge on any atom is -0.494 e. The standard InChI is InChI=1S/C25H27N3O4S2/c1-4-5-12-28-24(30)22(23(29)27-25(28)33)17-14-21(34-20-9-7-6-8-16(20)26-17)15-10-11-18(31-2)19(13-15)32-3/h6-11,13,21,30H,4-5,12,14H2,1-3H3,(H,27,29,33)/t21-/m0/s1. The number of unbranched alkanes of at least 4 members (excludes halogenated alkanes) is 1. The summed E-state index contributed by atoms with van der Waals surface area (Å²) in [6, 6.07) is 13.6. The fourth-order valence-electron chi connectivity index (χ4n) is 3.95. The van der Waals surface area contributed by atoms with Crippen LogP contribution in [0.2, 0.25) is 0 Å². The van der Waals surface area contributed by atoms with E-state index >= 15 is 0 Å². The molecule has 9 heteroatoms. The maximum absolute atomic E-state index is 13.0. The molecule has 1 aromatic heterocycles. The van der Waals surface area contributed by atoms with Gasteiger partial charge < -0.3 is 14.6 Å². The second-order valence-corrected chi connectivity index (χ2v) is 9.55. The van der Waals surface area contributed by atoms with Gasteiger partial charge in [-0.3, -0.25) is 19.3 Å². The van der Waals surface area contributed by atoms with E-state index in [-0.39, 0.29) is 21.5 Å². The second-order valence-electron chi connectivity index (χ2n) is 7.91. The number of fused-ring (bicyclic) bond motifs is 1. The van der Waals surface area contributed by atoms with Gasteiger partial charge in [0.15, 0.2) is 16.3 Å². The average molecular weight is 498 g/mol. The number of rotatable bonds is 7. The predicted molar refractivity (Wildman–Crippen MR) is 138 cm³/mol. The number of ether oxygens (including phenoxy) is 2. The monoisotopic (exact) mass is 497 g/mol. The van der Waals surface area contributed by atoms with E-state index in [4.69, 9.17) is 26.7 Å². The number of hydrogen-bond donors (Lipinski definition) is 2. The Kier molecular flexibility index (Phi) is 7.43. The first kappa shape index (κ1) is 24.1. The van der Waals surface area contributed by atoms with Crippen LogP contribution in [-0.4, -0.2) is 34.6 Å². The summed E-state index contributed by atoms with van der Waals surface area (Å²) in [5.74, 6) is 1.13. The Bertz CT molecular complexity index is 1350. The Morgan fingerprint density at radius 3 is 2.71 bits per heavy atom. The highest BCUT2D eigenvalue weighted by Gasteiger charge is 2.27. The van der Waals surface area contributed by atoms with E-state index in [2.05, 4.69) is 11.9 Å². The van der Waals surface area contributed by atoms with Crippen molar-refractivity contribution in [1.82, 2.24) is 9.55 Å². The number of aliphatic imine (C=N–C) groups is 1. The van der Waals surface area contributed by atoms with Crippen LogP contribution < -0.4 is 15.0 Å². The summed E-state index contributed by atoms with van der Waals surface area (Å²) in [4.78, 5) is 21.6. The minimum absolute atomic E-state index is 0.0757. The Labute approximate surface area is 207 Å². The number of aromatic hydroxyl groups is 1. The van der Waals surface area contributed by atoms with Gasteiger partial charge in [-0.25, -0.2) is 0 Å². The van der Waals surface area contributed by atoms with Crippen molar-refractivity contribution in [3.8, 4) is 17.4 Å². The van der Waals surface area contributed by atoms with Crippen molar-refractivity contribution >= 4 is 35.4 Å². The van der Waals surface area contributed by atoms with Gasteiger partial charge in [0.05, 0.1) is 25.6 Å². The van der Waals surface area contributed by atoms with Crippen molar-refractivity contribution in [3.05, 3.63) is 68.7 Å². The van der Waals surface area contributed by atoms with Crippen molar-refractivity contribution in [2.45, 2.75) is 42.9 Å². The number of para-hydroxylation sites is 1. The van der Waals surface area contributed by atoms with E-state index in [0.29, 0.717) is 30.2 Å². The lowest BCUT2D eigenvalue weighted by molar-refractivity contribution is 0.354. The van der Waals surface area contributed by atoms with E-state index < -0.39 is 5.56 Å². The molecular formula is C25H27N3O4S2. The molecule has 4 rings (SSSR count). The van der Waals surface area contributed by atoms with Crippen molar-refractivity contribution < 1.29 is 14.6 Å². The molecule has 2 heterocycles. The molecule has 0 unspecified atom stereocenters. The van der Waals surface area contributed by atoms with E-state index in [1.807, 2.05) is 42.5 Å². The summed E-state index contributed by atoms with van der Waals surface area (Å²) in [5.41, 5.74) is 1.99. The Balaban J connectivity index is 1.86. The molecule has 0 amide bonds. The number of thioether (sulfide) groups is 1. The quantitative estimate of drug-likeness (QED) is 0.402. The Hall–Kier alpha value is -3.04. The highest BCUT2D eigenvalue weighted by Crippen LogP contribution is 2.47. The zero-order valence-corrected chi connectivity index (χ0v) is 21.0. The van der Waals surface area contributed by atoms with Crippen molar-refractivity contribution in [3.63, 3.8) is 0 Å². The molecule has 178 valence electrons. The highest BCUT2D eigenvalue weighted by molar-refractivity contribution is 7.99. The molecule has 1 atom stereocenters. The first-order valence-electron chi connectivity index (χ1n) is 11.1. The number of hydrogen-bond acceptors (Lipinski definition) is 7. The summed E-state index contributed by atoms with van der Waals surface area (Å²) in [6.45, 7) is 2.58. The molecule has 0 spiro atoms. The predicted octanol–water partition coefficient (Wildman–Crippen LogP) is 5.79. The number of H-pyrrole nitrogens is 1. The van der Waals surface area contributed by atoms with Gasteiger partial charge in [-0.2, -0.15) is 0 Å². The van der Waals surface area contributed by atoms with Crippen molar-refractivity contribution in [2.75, 3.05) is 14.2 Å². The van der Waals surface area contributed by atoms with Gasteiger partial charge in [-0.15, -0.1) is 11.8 Å². The lowest BCUT2D eigenvalue weighted by Gasteiger charge is -2.19. The molecule has 0 radical (unpaired) electrons. The van der Waals surface area contributed by atoms with Crippen LogP contribution in [0, 0.1) is 4.77 Å². The van der Waals surface area contributed by atoms with Crippen LogP contribution in [-0.2, 0) is 6.54 Å². The molecule has 2 aromatic carbocycles. The fourth-order valence-corrected chi connectivity index (χ4v) is 5.44. The van der Waals surface area contributed by atoms with Gasteiger partial charge in [-0.05, 0) is 48.5 Å². The molecule has 0 aliphatic carbocycles. The molecule has 34 heavy (non-hydrogen) atoms. The Morgan fingerprint density at radius 2 is 1.97 bits per heavy atom. The van der Waals surface area contributed by atoms with Crippen LogP contribution in [0.1, 0.15) is 42.6 Å². The van der Waals surface area contributed by atoms with Crippen molar-refractivity contribution in [2.24, 2.45) is 4.99 Å². The molecule has 2 N–H and O–H groups in total. The average Bonchev–Trinajstić information content (AvgIpc) is 3.03. The normalized spacial score (nSPS) is 15.3. The molecule has 0 saturated carbocycles. The largest absolute Gasteiger partial charge is 0.494 e. The van der Waals surface area contributed by atoms with E-state index in [9.17, 15) is 9.90 Å². The molecule has 3 aromatic rings. The molecule has 7 nitrogen and oxygen atoms in total. The maximum Gasteiger partial charge on any atom is 0.264 e. The third-order valence-corrected chi connectivity index (χ3v) is 7.39. The molecular weight excluding hydrogens is 470 g/mol. The summed E-state index contributed by atoms with van der Waals surface area (Å²) >= 11 is 6.98. The third-order valence-electron chi connectivity index (χ3n) is 5.74. The number of nitrogens with one attached hydrogen (secondary N) is 1. The van der Waals surface area contributed by atoms with Crippen LogP contribution >= 0.6 is 24.0 Å². The summed E-state index contributed by atoms with van der Waals surface area (Å²) in [5, 5.41) is 11.1. The van der Waals surface area contributed by atoms with Gasteiger partial charge in [0.2, 0.25) is 5.88 Å². The minimum atomic E-state index is -0.440. The first-order chi connectivity index (χ1) is 16.5. The third kappa shape index (κ3) is 4.76. The Morgan fingerprint density at radius 1 is 1.21 bits per heavy atom. The smallest absolute Gasteiger partial charge is 0.264 e. The zero-order valence-electron chi connectivity index (χ0n) is 19.3. The lowest BCUT2D eigenvalue weighted by Crippen LogP contribution is -2.24. The van der Waals surface area contributed by atoms with Gasteiger partial charge in [-0.1, -0.05) is 31.5 Å². The molecule has 1 aliphatic heterocycles. The summed E-state index contributed by atoms with van der Waals surface area (Å²) in [6.07, 6.45) is 2.19. The number of nitrogens with zero attached hydrogens (tertiary/aromatic N) is 2.